The summed E-state index contributed by atoms with van der Waals surface area (Å²) in [4.78, 5) is 2.02. The molecule has 1 aliphatic rings. The summed E-state index contributed by atoms with van der Waals surface area (Å²) in [6, 6.07) is 4.84. The van der Waals surface area contributed by atoms with E-state index >= 15 is 0 Å². The Morgan fingerprint density at radius 1 is 1.37 bits per heavy atom. The van der Waals surface area contributed by atoms with E-state index in [-0.39, 0.29) is 17.0 Å². The standard InChI is InChI=1S/C12H19N3O3S/c1-8-12(3-4-18-8)15(2)10-5-9(13)6-11(7-10)19(14,16)17/h5-8,12H,3-4,13H2,1-2H3,(H2,14,16,17). The number of nitrogens with two attached hydrogens (primary N) is 2. The molecule has 4 N–H and O–H groups in total. The maximum Gasteiger partial charge on any atom is 0.238 e. The second-order valence-electron chi connectivity index (χ2n) is 4.85. The fourth-order valence-corrected chi connectivity index (χ4v) is 2.98. The molecule has 0 aromatic heterocycles. The van der Waals surface area contributed by atoms with Crippen LogP contribution in [0.2, 0.25) is 0 Å². The van der Waals surface area contributed by atoms with Crippen molar-refractivity contribution in [1.29, 1.82) is 0 Å². The van der Waals surface area contributed by atoms with E-state index in [1.165, 1.54) is 12.1 Å². The van der Waals surface area contributed by atoms with Crippen LogP contribution in [0.4, 0.5) is 11.4 Å². The predicted molar refractivity (Wildman–Crippen MR) is 74.4 cm³/mol. The fourth-order valence-electron chi connectivity index (χ4n) is 2.39. The van der Waals surface area contributed by atoms with E-state index in [0.717, 1.165) is 12.1 Å². The van der Waals surface area contributed by atoms with Crippen molar-refractivity contribution in [2.45, 2.75) is 30.4 Å². The quantitative estimate of drug-likeness (QED) is 0.789. The Morgan fingerprint density at radius 3 is 2.58 bits per heavy atom. The van der Waals surface area contributed by atoms with Gasteiger partial charge in [-0.2, -0.15) is 0 Å². The van der Waals surface area contributed by atoms with Crippen molar-refractivity contribution in [2.75, 3.05) is 24.3 Å². The van der Waals surface area contributed by atoms with Crippen molar-refractivity contribution in [3.63, 3.8) is 0 Å². The molecule has 106 valence electrons. The summed E-state index contributed by atoms with van der Waals surface area (Å²) in [5, 5.41) is 5.15. The van der Waals surface area contributed by atoms with Gasteiger partial charge < -0.3 is 15.4 Å². The number of likely N-dealkylation sites (N-methyl/N-ethyl adjacent to an activating group) is 1. The van der Waals surface area contributed by atoms with Crippen molar-refractivity contribution in [3.05, 3.63) is 18.2 Å². The SMILES string of the molecule is CC1OCCC1N(C)c1cc(N)cc(S(N)(=O)=O)c1. The highest BCUT2D eigenvalue weighted by Gasteiger charge is 2.28. The first-order valence-electron chi connectivity index (χ1n) is 6.07. The average Bonchev–Trinajstić information content (AvgIpc) is 2.72. The number of primary sulfonamides is 1. The minimum Gasteiger partial charge on any atom is -0.399 e. The van der Waals surface area contributed by atoms with Gasteiger partial charge in [-0.05, 0) is 31.5 Å². The van der Waals surface area contributed by atoms with Crippen LogP contribution in [0.15, 0.2) is 23.1 Å². The molecule has 0 spiro atoms. The van der Waals surface area contributed by atoms with Gasteiger partial charge in [-0.25, -0.2) is 13.6 Å². The summed E-state index contributed by atoms with van der Waals surface area (Å²) in [6.07, 6.45) is 1.00. The van der Waals surface area contributed by atoms with Gasteiger partial charge in [0, 0.05) is 25.0 Å². The van der Waals surface area contributed by atoms with Gasteiger partial charge in [-0.15, -0.1) is 0 Å². The van der Waals surface area contributed by atoms with Gasteiger partial charge in [0.1, 0.15) is 0 Å². The van der Waals surface area contributed by atoms with Crippen molar-refractivity contribution in [3.8, 4) is 0 Å². The van der Waals surface area contributed by atoms with Crippen molar-refractivity contribution in [2.24, 2.45) is 5.14 Å². The molecule has 1 heterocycles. The van der Waals surface area contributed by atoms with Crippen LogP contribution in [-0.2, 0) is 14.8 Å². The molecule has 1 saturated heterocycles. The Bertz CT molecular complexity index is 574. The van der Waals surface area contributed by atoms with Gasteiger partial charge in [0.25, 0.3) is 0 Å². The summed E-state index contributed by atoms with van der Waals surface area (Å²) >= 11 is 0. The molecule has 2 unspecified atom stereocenters. The average molecular weight is 285 g/mol. The highest BCUT2D eigenvalue weighted by atomic mass is 32.2. The Labute approximate surface area is 113 Å². The molecular formula is C12H19N3O3S. The highest BCUT2D eigenvalue weighted by molar-refractivity contribution is 7.89. The molecule has 7 heteroatoms. The number of ether oxygens (including phenoxy) is 1. The third-order valence-corrected chi connectivity index (χ3v) is 4.38. The lowest BCUT2D eigenvalue weighted by atomic mass is 10.1. The van der Waals surface area contributed by atoms with E-state index in [0.29, 0.717) is 12.3 Å². The Balaban J connectivity index is 2.37. The van der Waals surface area contributed by atoms with Gasteiger partial charge in [0.05, 0.1) is 17.0 Å². The van der Waals surface area contributed by atoms with E-state index in [1.807, 2.05) is 18.9 Å². The molecule has 19 heavy (non-hydrogen) atoms. The lowest BCUT2D eigenvalue weighted by Crippen LogP contribution is -2.36. The number of anilines is 2. The van der Waals surface area contributed by atoms with Crippen LogP contribution in [0.3, 0.4) is 0 Å². The molecule has 2 rings (SSSR count). The van der Waals surface area contributed by atoms with Crippen molar-refractivity contribution in [1.82, 2.24) is 0 Å². The van der Waals surface area contributed by atoms with Crippen LogP contribution in [0.5, 0.6) is 0 Å². The lowest BCUT2D eigenvalue weighted by molar-refractivity contribution is 0.118. The molecule has 1 aromatic rings. The molecular weight excluding hydrogens is 266 g/mol. The molecule has 1 aromatic carbocycles. The largest absolute Gasteiger partial charge is 0.399 e. The first-order chi connectivity index (χ1) is 8.79. The summed E-state index contributed by atoms with van der Waals surface area (Å²) < 4.78 is 28.4. The van der Waals surface area contributed by atoms with Crippen LogP contribution in [0.1, 0.15) is 13.3 Å². The molecule has 6 nitrogen and oxygen atoms in total. The maximum atomic E-state index is 11.4. The van der Waals surface area contributed by atoms with Crippen LogP contribution in [0.25, 0.3) is 0 Å². The summed E-state index contributed by atoms with van der Waals surface area (Å²) in [6.45, 7) is 2.71. The third kappa shape index (κ3) is 2.99. The summed E-state index contributed by atoms with van der Waals surface area (Å²) in [5.74, 6) is 0. The molecule has 0 amide bonds. The smallest absolute Gasteiger partial charge is 0.238 e. The number of nitrogens with zero attached hydrogens (tertiary/aromatic N) is 1. The first-order valence-corrected chi connectivity index (χ1v) is 7.61. The predicted octanol–water partition coefficient (Wildman–Crippen LogP) is 0.530. The number of sulfonamides is 1. The van der Waals surface area contributed by atoms with Crippen LogP contribution in [-0.4, -0.2) is 34.2 Å². The van der Waals surface area contributed by atoms with Gasteiger partial charge in [-0.1, -0.05) is 0 Å². The Hall–Kier alpha value is -1.31. The van der Waals surface area contributed by atoms with E-state index in [9.17, 15) is 8.42 Å². The zero-order valence-electron chi connectivity index (χ0n) is 11.0. The van der Waals surface area contributed by atoms with E-state index in [1.54, 1.807) is 6.07 Å². The monoisotopic (exact) mass is 285 g/mol. The Kier molecular flexibility index (Phi) is 3.71. The number of rotatable bonds is 3. The minimum absolute atomic E-state index is 0.0286. The van der Waals surface area contributed by atoms with E-state index in [4.69, 9.17) is 15.6 Å². The van der Waals surface area contributed by atoms with Crippen LogP contribution >= 0.6 is 0 Å². The van der Waals surface area contributed by atoms with Gasteiger partial charge >= 0.3 is 0 Å². The molecule has 1 fully saturated rings. The van der Waals surface area contributed by atoms with E-state index in [2.05, 4.69) is 0 Å². The number of hydrogen-bond acceptors (Lipinski definition) is 5. The lowest BCUT2D eigenvalue weighted by Gasteiger charge is -2.29. The zero-order valence-corrected chi connectivity index (χ0v) is 11.9. The van der Waals surface area contributed by atoms with Gasteiger partial charge in [-0.3, -0.25) is 0 Å². The Morgan fingerprint density at radius 2 is 2.05 bits per heavy atom. The highest BCUT2D eigenvalue weighted by Crippen LogP contribution is 2.28. The van der Waals surface area contributed by atoms with Gasteiger partial charge in [0.2, 0.25) is 10.0 Å². The number of benzene rings is 1. The van der Waals surface area contributed by atoms with Crippen LogP contribution in [0, 0.1) is 0 Å². The minimum atomic E-state index is -3.76. The second kappa shape index (κ2) is 4.99. The molecule has 0 saturated carbocycles. The topological polar surface area (TPSA) is 98.7 Å². The van der Waals surface area contributed by atoms with E-state index < -0.39 is 10.0 Å². The molecule has 0 bridgehead atoms. The van der Waals surface area contributed by atoms with Crippen molar-refractivity contribution >= 4 is 21.4 Å². The second-order valence-corrected chi connectivity index (χ2v) is 6.41. The number of hydrogen-bond donors (Lipinski definition) is 2. The molecule has 0 aliphatic carbocycles. The van der Waals surface area contributed by atoms with Crippen LogP contribution < -0.4 is 15.8 Å². The molecule has 1 aliphatic heterocycles. The maximum absolute atomic E-state index is 11.4. The molecule has 2 atom stereocenters. The molecule has 0 radical (unpaired) electrons. The van der Waals surface area contributed by atoms with Crippen molar-refractivity contribution < 1.29 is 13.2 Å². The van der Waals surface area contributed by atoms with Gasteiger partial charge in [0.15, 0.2) is 0 Å². The summed E-state index contributed by atoms with van der Waals surface area (Å²) in [7, 11) is -1.86. The first kappa shape index (κ1) is 14.1. The zero-order chi connectivity index (χ0) is 14.2. The fraction of sp³-hybridized carbons (Fsp3) is 0.500. The third-order valence-electron chi connectivity index (χ3n) is 3.48. The summed E-state index contributed by atoms with van der Waals surface area (Å²) in [5.41, 5.74) is 6.85. The normalized spacial score (nSPS) is 23.5. The number of nitrogen functional groups attached to an aromatic ring is 1.